The Hall–Kier alpha value is -0.0100. The lowest BCUT2D eigenvalue weighted by Crippen LogP contribution is -2.08. The van der Waals surface area contributed by atoms with E-state index in [1.165, 1.54) is 16.7 Å². The van der Waals surface area contributed by atoms with Crippen LogP contribution in [0.1, 0.15) is 36.5 Å². The van der Waals surface area contributed by atoms with Crippen LogP contribution in [-0.2, 0) is 0 Å². The maximum atomic E-state index is 6.28. The molecule has 2 heteroatoms. The second-order valence-corrected chi connectivity index (χ2v) is 5.43. The third-order valence-electron chi connectivity index (χ3n) is 3.20. The van der Waals surface area contributed by atoms with Crippen molar-refractivity contribution in [3.8, 4) is 0 Å². The summed E-state index contributed by atoms with van der Waals surface area (Å²) in [5, 5.41) is 1.91. The molecule has 0 amide bonds. The Labute approximate surface area is 106 Å². The summed E-state index contributed by atoms with van der Waals surface area (Å²) in [7, 11) is 0. The maximum Gasteiger partial charge on any atom is 0.0443 e. The molecule has 15 heavy (non-hydrogen) atoms. The van der Waals surface area contributed by atoms with Crippen molar-refractivity contribution in [3.63, 3.8) is 0 Å². The topological polar surface area (TPSA) is 0 Å². The molecule has 84 valence electrons. The van der Waals surface area contributed by atoms with Crippen LogP contribution in [0.15, 0.2) is 12.1 Å². The molecule has 0 heterocycles. The van der Waals surface area contributed by atoms with Gasteiger partial charge in [-0.25, -0.2) is 0 Å². The molecule has 1 rings (SSSR count). The van der Waals surface area contributed by atoms with E-state index in [0.29, 0.717) is 11.8 Å². The largest absolute Gasteiger partial charge is 0.0925 e. The van der Waals surface area contributed by atoms with E-state index in [9.17, 15) is 0 Å². The van der Waals surface area contributed by atoms with Crippen molar-refractivity contribution in [3.05, 3.63) is 33.8 Å². The lowest BCUT2D eigenvalue weighted by atomic mass is 9.88. The van der Waals surface area contributed by atoms with Gasteiger partial charge in [0, 0.05) is 10.4 Å². The second-order valence-electron chi connectivity index (χ2n) is 4.38. The number of benzene rings is 1. The smallest absolute Gasteiger partial charge is 0.0443 e. The molecule has 0 bridgehead atoms. The van der Waals surface area contributed by atoms with Gasteiger partial charge in [0.05, 0.1) is 0 Å². The number of alkyl halides is 1. The zero-order valence-electron chi connectivity index (χ0n) is 9.77. The van der Waals surface area contributed by atoms with E-state index in [0.717, 1.165) is 10.4 Å². The van der Waals surface area contributed by atoms with E-state index in [1.807, 2.05) is 0 Å². The molecule has 1 aromatic carbocycles. The van der Waals surface area contributed by atoms with Crippen LogP contribution in [0.3, 0.4) is 0 Å². The van der Waals surface area contributed by atoms with Crippen LogP contribution in [-0.4, -0.2) is 5.33 Å². The Morgan fingerprint density at radius 1 is 1.20 bits per heavy atom. The molecule has 0 aliphatic rings. The summed E-state index contributed by atoms with van der Waals surface area (Å²) in [6.07, 6.45) is 0. The molecule has 0 radical (unpaired) electrons. The van der Waals surface area contributed by atoms with Gasteiger partial charge in [-0.3, -0.25) is 0 Å². The normalized spacial score (nSPS) is 15.1. The Bertz CT molecular complexity index is 347. The van der Waals surface area contributed by atoms with Gasteiger partial charge in [0.1, 0.15) is 0 Å². The van der Waals surface area contributed by atoms with Crippen molar-refractivity contribution in [2.24, 2.45) is 5.92 Å². The van der Waals surface area contributed by atoms with Gasteiger partial charge in [-0.15, -0.1) is 0 Å². The molecule has 0 saturated carbocycles. The zero-order valence-corrected chi connectivity index (χ0v) is 12.1. The maximum absolute atomic E-state index is 6.28. The second kappa shape index (κ2) is 5.36. The zero-order chi connectivity index (χ0) is 11.6. The summed E-state index contributed by atoms with van der Waals surface area (Å²) in [6.45, 7) is 8.72. The molecule has 0 aliphatic carbocycles. The van der Waals surface area contributed by atoms with Crippen LogP contribution >= 0.6 is 27.5 Å². The van der Waals surface area contributed by atoms with Crippen molar-refractivity contribution in [1.29, 1.82) is 0 Å². The first-order valence-corrected chi connectivity index (χ1v) is 6.80. The first-order chi connectivity index (χ1) is 6.97. The molecular formula is C13H18BrCl. The summed E-state index contributed by atoms with van der Waals surface area (Å²) >= 11 is 9.81. The summed E-state index contributed by atoms with van der Waals surface area (Å²) in [5.74, 6) is 1.10. The summed E-state index contributed by atoms with van der Waals surface area (Å²) < 4.78 is 0. The van der Waals surface area contributed by atoms with Gasteiger partial charge < -0.3 is 0 Å². The summed E-state index contributed by atoms with van der Waals surface area (Å²) in [4.78, 5) is 0. The fourth-order valence-corrected chi connectivity index (χ4v) is 2.54. The molecule has 2 atom stereocenters. The highest BCUT2D eigenvalue weighted by Gasteiger charge is 2.16. The molecular weight excluding hydrogens is 272 g/mol. The van der Waals surface area contributed by atoms with Crippen LogP contribution < -0.4 is 0 Å². The third-order valence-corrected chi connectivity index (χ3v) is 4.55. The summed E-state index contributed by atoms with van der Waals surface area (Å²) in [5.41, 5.74) is 3.86. The minimum atomic E-state index is 0.496. The number of hydrogen-bond acceptors (Lipinski definition) is 0. The van der Waals surface area contributed by atoms with Crippen LogP contribution in [0.25, 0.3) is 0 Å². The molecule has 0 saturated heterocycles. The van der Waals surface area contributed by atoms with Gasteiger partial charge in [0.15, 0.2) is 0 Å². The van der Waals surface area contributed by atoms with E-state index in [2.05, 4.69) is 55.8 Å². The highest BCUT2D eigenvalue weighted by Crippen LogP contribution is 2.32. The fraction of sp³-hybridized carbons (Fsp3) is 0.538. The van der Waals surface area contributed by atoms with E-state index >= 15 is 0 Å². The van der Waals surface area contributed by atoms with Gasteiger partial charge >= 0.3 is 0 Å². The SMILES string of the molecule is Cc1cc(Cl)c(C(C)C(C)CBr)cc1C. The van der Waals surface area contributed by atoms with E-state index < -0.39 is 0 Å². The first kappa shape index (κ1) is 13.1. The van der Waals surface area contributed by atoms with Crippen molar-refractivity contribution in [1.82, 2.24) is 0 Å². The predicted octanol–water partition coefficient (Wildman–Crippen LogP) is 5.09. The molecule has 0 aromatic heterocycles. The van der Waals surface area contributed by atoms with Crippen molar-refractivity contribution >= 4 is 27.5 Å². The van der Waals surface area contributed by atoms with E-state index in [-0.39, 0.29) is 0 Å². The minimum Gasteiger partial charge on any atom is -0.0925 e. The van der Waals surface area contributed by atoms with E-state index in [4.69, 9.17) is 11.6 Å². The number of hydrogen-bond donors (Lipinski definition) is 0. The molecule has 1 aromatic rings. The molecule has 0 nitrogen and oxygen atoms in total. The Kier molecular flexibility index (Phi) is 4.66. The van der Waals surface area contributed by atoms with Gasteiger partial charge in [-0.1, -0.05) is 47.4 Å². The monoisotopic (exact) mass is 288 g/mol. The molecule has 0 spiro atoms. The van der Waals surface area contributed by atoms with Gasteiger partial charge in [-0.2, -0.15) is 0 Å². The number of halogens is 2. The number of aryl methyl sites for hydroxylation is 2. The molecule has 2 unspecified atom stereocenters. The Balaban J connectivity index is 3.09. The van der Waals surface area contributed by atoms with Crippen molar-refractivity contribution < 1.29 is 0 Å². The van der Waals surface area contributed by atoms with Crippen molar-refractivity contribution in [2.75, 3.05) is 5.33 Å². The average molecular weight is 290 g/mol. The quantitative estimate of drug-likeness (QED) is 0.680. The molecule has 0 N–H and O–H groups in total. The molecule has 0 aliphatic heterocycles. The number of rotatable bonds is 3. The van der Waals surface area contributed by atoms with Gasteiger partial charge in [0.25, 0.3) is 0 Å². The third kappa shape index (κ3) is 2.98. The fourth-order valence-electron chi connectivity index (χ4n) is 1.59. The van der Waals surface area contributed by atoms with Crippen LogP contribution in [0.2, 0.25) is 5.02 Å². The lowest BCUT2D eigenvalue weighted by Gasteiger charge is -2.20. The highest BCUT2D eigenvalue weighted by atomic mass is 79.9. The van der Waals surface area contributed by atoms with E-state index in [1.54, 1.807) is 0 Å². The van der Waals surface area contributed by atoms with Crippen LogP contribution in [0, 0.1) is 19.8 Å². The lowest BCUT2D eigenvalue weighted by molar-refractivity contribution is 0.547. The van der Waals surface area contributed by atoms with Crippen LogP contribution in [0.5, 0.6) is 0 Å². The summed E-state index contributed by atoms with van der Waals surface area (Å²) in [6, 6.07) is 4.30. The highest BCUT2D eigenvalue weighted by molar-refractivity contribution is 9.09. The van der Waals surface area contributed by atoms with Gasteiger partial charge in [0.2, 0.25) is 0 Å². The van der Waals surface area contributed by atoms with Crippen LogP contribution in [0.4, 0.5) is 0 Å². The standard InChI is InChI=1S/C13H18BrCl/c1-8-5-12(11(4)10(3)7-14)13(15)6-9(8)2/h5-6,10-11H,7H2,1-4H3. The Morgan fingerprint density at radius 2 is 1.73 bits per heavy atom. The minimum absolute atomic E-state index is 0.496. The predicted molar refractivity (Wildman–Crippen MR) is 72.3 cm³/mol. The first-order valence-electron chi connectivity index (χ1n) is 5.30. The van der Waals surface area contributed by atoms with Crippen molar-refractivity contribution in [2.45, 2.75) is 33.6 Å². The molecule has 0 fully saturated rings. The Morgan fingerprint density at radius 3 is 2.27 bits per heavy atom. The van der Waals surface area contributed by atoms with Gasteiger partial charge in [-0.05, 0) is 48.4 Å². The average Bonchev–Trinajstić information content (AvgIpc) is 2.21.